The predicted molar refractivity (Wildman–Crippen MR) is 71.6 cm³/mol. The number of nitrogens with zero attached hydrogens (tertiary/aromatic N) is 3. The fourth-order valence-electron chi connectivity index (χ4n) is 1.91. The maximum atomic E-state index is 12.2. The first-order valence-corrected chi connectivity index (χ1v) is 5.93. The van der Waals surface area contributed by atoms with Crippen LogP contribution >= 0.6 is 0 Å². The van der Waals surface area contributed by atoms with Gasteiger partial charge in [0.2, 0.25) is 6.39 Å². The van der Waals surface area contributed by atoms with E-state index in [0.29, 0.717) is 22.7 Å². The van der Waals surface area contributed by atoms with Crippen molar-refractivity contribution in [2.45, 2.75) is 6.54 Å². The molecule has 0 aliphatic carbocycles. The van der Waals surface area contributed by atoms with E-state index in [-0.39, 0.29) is 12.5 Å². The lowest BCUT2D eigenvalue weighted by atomic mass is 10.1. The van der Waals surface area contributed by atoms with E-state index in [4.69, 9.17) is 5.73 Å². The Hall–Kier alpha value is -2.96. The van der Waals surface area contributed by atoms with E-state index in [9.17, 15) is 4.79 Å². The molecule has 3 rings (SSSR count). The average Bonchev–Trinajstić information content (AvgIpc) is 2.97. The summed E-state index contributed by atoms with van der Waals surface area (Å²) in [7, 11) is 0. The van der Waals surface area contributed by atoms with E-state index >= 15 is 0 Å². The zero-order valence-corrected chi connectivity index (χ0v) is 10.4. The summed E-state index contributed by atoms with van der Waals surface area (Å²) in [5, 5.41) is 7.08. The van der Waals surface area contributed by atoms with Gasteiger partial charge < -0.3 is 15.6 Å². The molecule has 7 heteroatoms. The molecule has 2 heterocycles. The first-order chi connectivity index (χ1) is 9.74. The van der Waals surface area contributed by atoms with E-state index in [2.05, 4.69) is 25.0 Å². The standard InChI is InChI=1S/C13H11N5O2/c14-11-5-9(8-3-1-2-4-10(8)17-11)13(19)15-6-12-16-7-20-18-12/h1-5,7H,6H2,(H2,14,17)(H,15,19). The molecule has 0 aliphatic rings. The Morgan fingerprint density at radius 3 is 3.00 bits per heavy atom. The van der Waals surface area contributed by atoms with Crippen molar-refractivity contribution in [2.75, 3.05) is 5.73 Å². The first-order valence-electron chi connectivity index (χ1n) is 5.93. The van der Waals surface area contributed by atoms with Gasteiger partial charge in [0.25, 0.3) is 5.91 Å². The third kappa shape index (κ3) is 2.28. The van der Waals surface area contributed by atoms with Gasteiger partial charge in [-0.25, -0.2) is 4.98 Å². The van der Waals surface area contributed by atoms with Crippen LogP contribution in [0.4, 0.5) is 5.82 Å². The van der Waals surface area contributed by atoms with Crippen molar-refractivity contribution in [3.05, 3.63) is 48.1 Å². The van der Waals surface area contributed by atoms with Crippen LogP contribution < -0.4 is 11.1 Å². The normalized spacial score (nSPS) is 10.6. The van der Waals surface area contributed by atoms with E-state index in [1.54, 1.807) is 6.07 Å². The Balaban J connectivity index is 1.90. The smallest absolute Gasteiger partial charge is 0.252 e. The summed E-state index contributed by atoms with van der Waals surface area (Å²) in [6.45, 7) is 0.186. The molecule has 100 valence electrons. The van der Waals surface area contributed by atoms with Gasteiger partial charge in [0.15, 0.2) is 5.82 Å². The van der Waals surface area contributed by atoms with Crippen LogP contribution in [-0.4, -0.2) is 21.0 Å². The zero-order valence-electron chi connectivity index (χ0n) is 10.4. The number of anilines is 1. The number of rotatable bonds is 3. The second-order valence-electron chi connectivity index (χ2n) is 4.14. The number of carbonyl (C=O) groups excluding carboxylic acids is 1. The number of carbonyl (C=O) groups is 1. The van der Waals surface area contributed by atoms with E-state index < -0.39 is 0 Å². The van der Waals surface area contributed by atoms with Crippen LogP contribution in [0.25, 0.3) is 10.9 Å². The third-order valence-corrected chi connectivity index (χ3v) is 2.79. The highest BCUT2D eigenvalue weighted by Gasteiger charge is 2.12. The molecular weight excluding hydrogens is 258 g/mol. The topological polar surface area (TPSA) is 107 Å². The fourth-order valence-corrected chi connectivity index (χ4v) is 1.91. The maximum Gasteiger partial charge on any atom is 0.252 e. The number of para-hydroxylation sites is 1. The molecule has 3 aromatic rings. The number of aromatic nitrogens is 3. The van der Waals surface area contributed by atoms with Crippen LogP contribution in [0.5, 0.6) is 0 Å². The Kier molecular flexibility index (Phi) is 3.00. The molecule has 0 saturated heterocycles. The molecule has 0 saturated carbocycles. The molecule has 3 N–H and O–H groups in total. The molecule has 20 heavy (non-hydrogen) atoms. The molecule has 2 aromatic heterocycles. The number of fused-ring (bicyclic) bond motifs is 1. The summed E-state index contributed by atoms with van der Waals surface area (Å²) in [6, 6.07) is 8.87. The van der Waals surface area contributed by atoms with Crippen molar-refractivity contribution in [2.24, 2.45) is 0 Å². The zero-order chi connectivity index (χ0) is 13.9. The minimum absolute atomic E-state index is 0.186. The lowest BCUT2D eigenvalue weighted by Crippen LogP contribution is -2.24. The number of amides is 1. The van der Waals surface area contributed by atoms with Crippen LogP contribution in [0, 0.1) is 0 Å². The quantitative estimate of drug-likeness (QED) is 0.738. The van der Waals surface area contributed by atoms with Crippen molar-refractivity contribution >= 4 is 22.6 Å². The average molecular weight is 269 g/mol. The monoisotopic (exact) mass is 269 g/mol. The molecule has 0 bridgehead atoms. The van der Waals surface area contributed by atoms with Crippen LogP contribution in [0.1, 0.15) is 16.2 Å². The molecule has 0 unspecified atom stereocenters. The number of nitrogens with two attached hydrogens (primary N) is 1. The summed E-state index contributed by atoms with van der Waals surface area (Å²) in [4.78, 5) is 20.2. The number of nitrogen functional groups attached to an aromatic ring is 1. The van der Waals surface area contributed by atoms with Crippen LogP contribution in [0.15, 0.2) is 41.2 Å². The maximum absolute atomic E-state index is 12.2. The van der Waals surface area contributed by atoms with Gasteiger partial charge in [-0.3, -0.25) is 4.79 Å². The van der Waals surface area contributed by atoms with Gasteiger partial charge in [0.05, 0.1) is 17.6 Å². The lowest BCUT2D eigenvalue weighted by Gasteiger charge is -2.07. The Morgan fingerprint density at radius 1 is 1.35 bits per heavy atom. The third-order valence-electron chi connectivity index (χ3n) is 2.79. The molecule has 1 aromatic carbocycles. The van der Waals surface area contributed by atoms with Gasteiger partial charge in [-0.2, -0.15) is 4.98 Å². The van der Waals surface area contributed by atoms with E-state index in [1.165, 1.54) is 6.39 Å². The summed E-state index contributed by atoms with van der Waals surface area (Å²) < 4.78 is 4.60. The SMILES string of the molecule is Nc1cc(C(=O)NCc2ncon2)c2ccccc2n1. The lowest BCUT2D eigenvalue weighted by molar-refractivity contribution is 0.0951. The molecule has 0 radical (unpaired) electrons. The fraction of sp³-hybridized carbons (Fsp3) is 0.0769. The Bertz CT molecular complexity index is 755. The number of hydrogen-bond acceptors (Lipinski definition) is 6. The molecule has 1 amide bonds. The second-order valence-corrected chi connectivity index (χ2v) is 4.14. The summed E-state index contributed by atoms with van der Waals surface area (Å²) in [5.41, 5.74) is 6.87. The molecule has 0 atom stereocenters. The van der Waals surface area contributed by atoms with Crippen molar-refractivity contribution in [3.63, 3.8) is 0 Å². The van der Waals surface area contributed by atoms with Gasteiger partial charge in [-0.1, -0.05) is 23.4 Å². The van der Waals surface area contributed by atoms with Crippen LogP contribution in [0.2, 0.25) is 0 Å². The molecule has 0 spiro atoms. The van der Waals surface area contributed by atoms with Crippen molar-refractivity contribution < 1.29 is 9.32 Å². The van der Waals surface area contributed by atoms with Gasteiger partial charge in [0.1, 0.15) is 5.82 Å². The Labute approximate surface area is 113 Å². The molecule has 7 nitrogen and oxygen atoms in total. The number of nitrogens with one attached hydrogen (secondary N) is 1. The summed E-state index contributed by atoms with van der Waals surface area (Å²) >= 11 is 0. The Morgan fingerprint density at radius 2 is 2.20 bits per heavy atom. The van der Waals surface area contributed by atoms with Crippen molar-refractivity contribution in [3.8, 4) is 0 Å². The number of hydrogen-bond donors (Lipinski definition) is 2. The van der Waals surface area contributed by atoms with Crippen LogP contribution in [0.3, 0.4) is 0 Å². The summed E-state index contributed by atoms with van der Waals surface area (Å²) in [6.07, 6.45) is 1.21. The summed E-state index contributed by atoms with van der Waals surface area (Å²) in [5.74, 6) is 0.443. The van der Waals surface area contributed by atoms with Crippen LogP contribution in [-0.2, 0) is 6.54 Å². The van der Waals surface area contributed by atoms with E-state index in [1.807, 2.05) is 24.3 Å². The second kappa shape index (κ2) is 4.96. The van der Waals surface area contributed by atoms with Gasteiger partial charge in [-0.15, -0.1) is 0 Å². The predicted octanol–water partition coefficient (Wildman–Crippen LogP) is 1.13. The highest BCUT2D eigenvalue weighted by molar-refractivity contribution is 6.06. The number of benzene rings is 1. The van der Waals surface area contributed by atoms with Gasteiger partial charge in [0, 0.05) is 5.39 Å². The molecule has 0 aliphatic heterocycles. The first kappa shape index (κ1) is 12.1. The highest BCUT2D eigenvalue weighted by Crippen LogP contribution is 2.19. The minimum Gasteiger partial charge on any atom is -0.384 e. The molecular formula is C13H11N5O2. The highest BCUT2D eigenvalue weighted by atomic mass is 16.5. The minimum atomic E-state index is -0.264. The van der Waals surface area contributed by atoms with Crippen molar-refractivity contribution in [1.29, 1.82) is 0 Å². The van der Waals surface area contributed by atoms with E-state index in [0.717, 1.165) is 5.39 Å². The van der Waals surface area contributed by atoms with Crippen molar-refractivity contribution in [1.82, 2.24) is 20.4 Å². The van der Waals surface area contributed by atoms with Gasteiger partial charge >= 0.3 is 0 Å². The van der Waals surface area contributed by atoms with Gasteiger partial charge in [-0.05, 0) is 12.1 Å². The number of pyridine rings is 1. The molecule has 0 fully saturated rings. The largest absolute Gasteiger partial charge is 0.384 e.